The van der Waals surface area contributed by atoms with E-state index in [4.69, 9.17) is 14.7 Å². The van der Waals surface area contributed by atoms with Gasteiger partial charge in [0.2, 0.25) is 0 Å². The Bertz CT molecular complexity index is 1950. The molecular weight excluding hydrogens is 613 g/mol. The van der Waals surface area contributed by atoms with Gasteiger partial charge in [0.25, 0.3) is 0 Å². The number of benzene rings is 4. The lowest BCUT2D eigenvalue weighted by atomic mass is 9.65. The number of unbranched alkanes of at least 4 members (excludes halogenated alkanes) is 1. The smallest absolute Gasteiger partial charge is 0.163 e. The van der Waals surface area contributed by atoms with Crippen molar-refractivity contribution in [3.63, 3.8) is 0 Å². The second-order valence-electron chi connectivity index (χ2n) is 14.2. The number of aryl methyl sites for hydroxylation is 3. The van der Waals surface area contributed by atoms with Gasteiger partial charge in [-0.3, -0.25) is 0 Å². The van der Waals surface area contributed by atoms with E-state index in [-0.39, 0.29) is 17.6 Å². The van der Waals surface area contributed by atoms with Gasteiger partial charge in [0, 0.05) is 5.41 Å². The number of fused-ring (bicyclic) bond motifs is 1. The van der Waals surface area contributed by atoms with Crippen molar-refractivity contribution in [3.05, 3.63) is 161 Å². The summed E-state index contributed by atoms with van der Waals surface area (Å²) < 4.78 is 9.13. The Hall–Kier alpha value is -4.61. The van der Waals surface area contributed by atoms with Crippen LogP contribution < -0.4 is 0 Å². The molecule has 0 saturated heterocycles. The molecule has 2 aromatic heterocycles. The first-order valence-corrected chi connectivity index (χ1v) is 18.6. The molecule has 5 heteroatoms. The molecule has 1 aliphatic carbocycles. The van der Waals surface area contributed by atoms with Crippen LogP contribution in [-0.4, -0.2) is 25.6 Å². The lowest BCUT2D eigenvalue weighted by Gasteiger charge is -2.37. The Morgan fingerprint density at radius 3 is 2.12 bits per heavy atom. The van der Waals surface area contributed by atoms with Gasteiger partial charge in [0.1, 0.15) is 11.8 Å². The van der Waals surface area contributed by atoms with E-state index in [2.05, 4.69) is 140 Å². The first kappa shape index (κ1) is 33.9. The Morgan fingerprint density at radius 1 is 0.740 bits per heavy atom. The van der Waals surface area contributed by atoms with E-state index in [0.717, 1.165) is 68.2 Å². The minimum Gasteiger partial charge on any atom is -0.371 e. The molecule has 1 aliphatic rings. The summed E-state index contributed by atoms with van der Waals surface area (Å²) in [6.45, 7) is 7.22. The number of rotatable bonds is 14. The van der Waals surface area contributed by atoms with Crippen LogP contribution in [0.15, 0.2) is 122 Å². The highest BCUT2D eigenvalue weighted by Gasteiger charge is 2.41. The van der Waals surface area contributed by atoms with Crippen LogP contribution in [0, 0.1) is 12.8 Å². The van der Waals surface area contributed by atoms with E-state index in [1.165, 1.54) is 33.4 Å². The molecule has 4 aromatic carbocycles. The number of hydrogen-bond donors (Lipinski definition) is 0. The third kappa shape index (κ3) is 7.02. The summed E-state index contributed by atoms with van der Waals surface area (Å²) in [6.07, 6.45) is 12.0. The third-order valence-corrected chi connectivity index (χ3v) is 11.0. The zero-order valence-electron chi connectivity index (χ0n) is 29.8. The number of nitrogens with zero attached hydrogens (tertiary/aromatic N) is 4. The molecule has 2 heterocycles. The van der Waals surface area contributed by atoms with Crippen molar-refractivity contribution in [3.8, 4) is 0 Å². The van der Waals surface area contributed by atoms with Crippen molar-refractivity contribution in [1.29, 1.82) is 0 Å². The molecule has 0 N–H and O–H groups in total. The Labute approximate surface area is 297 Å². The highest BCUT2D eigenvalue weighted by atomic mass is 16.5. The summed E-state index contributed by atoms with van der Waals surface area (Å²) in [5.41, 5.74) is 10.5. The van der Waals surface area contributed by atoms with Crippen molar-refractivity contribution in [2.24, 2.45) is 5.92 Å². The molecule has 0 amide bonds. The van der Waals surface area contributed by atoms with Gasteiger partial charge in [0.05, 0.1) is 30.8 Å². The SMILES string of the molecule is CCCCc1ncnc2c1ncn2C1CC(CCC(c2ccccc2)(c2ccc(C)cc2)c2ccc(CC)cc2)CC1OCc1ccccc1. The Balaban J connectivity index is 1.24. The second kappa shape index (κ2) is 15.5. The van der Waals surface area contributed by atoms with Crippen LogP contribution in [0.25, 0.3) is 11.2 Å². The standard InChI is InChI=1S/C45H50N4O/c1-4-6-17-40-43-44(47-31-46-40)49(32-48-43)41-28-36(29-42(41)50-30-35-13-9-7-10-14-35)26-27-45(37-15-11-8-12-16-37,38-22-18-33(3)19-23-38)39-24-20-34(5-2)21-25-39/h7-16,18-25,31-32,36,41-42H,4-6,17,26-30H2,1-3H3. The number of imidazole rings is 1. The first-order chi connectivity index (χ1) is 24.6. The maximum Gasteiger partial charge on any atom is 0.163 e. The van der Waals surface area contributed by atoms with E-state index in [1.54, 1.807) is 6.33 Å². The van der Waals surface area contributed by atoms with Crippen molar-refractivity contribution in [2.45, 2.75) is 96.3 Å². The van der Waals surface area contributed by atoms with Crippen molar-refractivity contribution < 1.29 is 4.74 Å². The van der Waals surface area contributed by atoms with E-state index in [0.29, 0.717) is 12.5 Å². The molecule has 0 aliphatic heterocycles. The normalized spacial score (nSPS) is 18.7. The lowest BCUT2D eigenvalue weighted by molar-refractivity contribution is 0.0186. The summed E-state index contributed by atoms with van der Waals surface area (Å²) in [5, 5.41) is 0. The minimum absolute atomic E-state index is 0.0565. The maximum absolute atomic E-state index is 6.83. The number of hydrogen-bond acceptors (Lipinski definition) is 4. The van der Waals surface area contributed by atoms with Crippen LogP contribution in [0.5, 0.6) is 0 Å². The summed E-state index contributed by atoms with van der Waals surface area (Å²) in [6, 6.07) is 40.5. The molecule has 4 atom stereocenters. The molecule has 5 nitrogen and oxygen atoms in total. The second-order valence-corrected chi connectivity index (χ2v) is 14.2. The highest BCUT2D eigenvalue weighted by molar-refractivity contribution is 5.73. The van der Waals surface area contributed by atoms with Gasteiger partial charge < -0.3 is 9.30 Å². The Morgan fingerprint density at radius 2 is 1.42 bits per heavy atom. The van der Waals surface area contributed by atoms with Gasteiger partial charge in [-0.2, -0.15) is 0 Å². The number of aromatic nitrogens is 4. The number of ether oxygens (including phenoxy) is 1. The average molecular weight is 663 g/mol. The molecule has 7 rings (SSSR count). The third-order valence-electron chi connectivity index (χ3n) is 11.0. The first-order valence-electron chi connectivity index (χ1n) is 18.6. The fraction of sp³-hybridized carbons (Fsp3) is 0.356. The molecule has 0 bridgehead atoms. The fourth-order valence-electron chi connectivity index (χ4n) is 8.17. The quantitative estimate of drug-likeness (QED) is 0.109. The summed E-state index contributed by atoms with van der Waals surface area (Å²) >= 11 is 0. The zero-order chi connectivity index (χ0) is 34.3. The molecular formula is C45H50N4O. The summed E-state index contributed by atoms with van der Waals surface area (Å²) in [4.78, 5) is 14.3. The van der Waals surface area contributed by atoms with Crippen molar-refractivity contribution in [2.75, 3.05) is 0 Å². The largest absolute Gasteiger partial charge is 0.371 e. The molecule has 6 aromatic rings. The molecule has 50 heavy (non-hydrogen) atoms. The van der Waals surface area contributed by atoms with Crippen LogP contribution in [0.1, 0.15) is 97.5 Å². The van der Waals surface area contributed by atoms with Crippen LogP contribution in [0.3, 0.4) is 0 Å². The van der Waals surface area contributed by atoms with E-state index in [9.17, 15) is 0 Å². The van der Waals surface area contributed by atoms with Crippen molar-refractivity contribution >= 4 is 11.2 Å². The van der Waals surface area contributed by atoms with E-state index < -0.39 is 0 Å². The minimum atomic E-state index is -0.275. The van der Waals surface area contributed by atoms with Gasteiger partial charge in [-0.1, -0.05) is 135 Å². The van der Waals surface area contributed by atoms with Crippen molar-refractivity contribution in [1.82, 2.24) is 19.5 Å². The lowest BCUT2D eigenvalue weighted by Crippen LogP contribution is -2.30. The average Bonchev–Trinajstić information content (AvgIpc) is 3.79. The topological polar surface area (TPSA) is 52.8 Å². The van der Waals surface area contributed by atoms with Gasteiger partial charge in [-0.25, -0.2) is 15.0 Å². The van der Waals surface area contributed by atoms with Crippen LogP contribution in [0.2, 0.25) is 0 Å². The summed E-state index contributed by atoms with van der Waals surface area (Å²) in [5.74, 6) is 0.475. The zero-order valence-corrected chi connectivity index (χ0v) is 29.8. The molecule has 1 saturated carbocycles. The van der Waals surface area contributed by atoms with E-state index >= 15 is 0 Å². The predicted octanol–water partition coefficient (Wildman–Crippen LogP) is 10.4. The maximum atomic E-state index is 6.83. The fourth-order valence-corrected chi connectivity index (χ4v) is 8.17. The van der Waals surface area contributed by atoms with Gasteiger partial charge in [-0.15, -0.1) is 0 Å². The summed E-state index contributed by atoms with van der Waals surface area (Å²) in [7, 11) is 0. The highest BCUT2D eigenvalue weighted by Crippen LogP contribution is 2.47. The molecule has 256 valence electrons. The van der Waals surface area contributed by atoms with Gasteiger partial charge in [0.15, 0.2) is 5.65 Å². The van der Waals surface area contributed by atoms with Gasteiger partial charge >= 0.3 is 0 Å². The van der Waals surface area contributed by atoms with Crippen LogP contribution >= 0.6 is 0 Å². The van der Waals surface area contributed by atoms with E-state index in [1.807, 2.05) is 6.33 Å². The monoisotopic (exact) mass is 662 g/mol. The molecule has 0 radical (unpaired) electrons. The van der Waals surface area contributed by atoms with Crippen LogP contribution in [-0.2, 0) is 29.6 Å². The van der Waals surface area contributed by atoms with Crippen LogP contribution in [0.4, 0.5) is 0 Å². The van der Waals surface area contributed by atoms with Gasteiger partial charge in [-0.05, 0) is 85.6 Å². The molecule has 1 fully saturated rings. The Kier molecular flexibility index (Phi) is 10.5. The predicted molar refractivity (Wildman–Crippen MR) is 203 cm³/mol. The molecule has 4 unspecified atom stereocenters. The molecule has 0 spiro atoms.